The molecule has 1 saturated carbocycles. The molecule has 0 bridgehead atoms. The Balaban J connectivity index is 2.28. The molecule has 0 atom stereocenters. The molecule has 6 heteroatoms. The molecular weight excluding hydrogens is 362 g/mol. The van der Waals surface area contributed by atoms with Crippen molar-refractivity contribution < 1.29 is 8.42 Å². The average molecular weight is 381 g/mol. The van der Waals surface area contributed by atoms with Gasteiger partial charge in [0.1, 0.15) is 0 Å². The van der Waals surface area contributed by atoms with E-state index >= 15 is 0 Å². The van der Waals surface area contributed by atoms with Crippen molar-refractivity contribution in [3.8, 4) is 0 Å². The van der Waals surface area contributed by atoms with Crippen molar-refractivity contribution in [1.29, 1.82) is 0 Å². The van der Waals surface area contributed by atoms with E-state index in [1.165, 1.54) is 6.42 Å². The second kappa shape index (κ2) is 7.25. The average Bonchev–Trinajstić information content (AvgIpc) is 2.46. The molecule has 3 nitrogen and oxygen atoms in total. The molecule has 112 valence electrons. The van der Waals surface area contributed by atoms with E-state index < -0.39 is 10.0 Å². The van der Waals surface area contributed by atoms with Gasteiger partial charge in [0.15, 0.2) is 0 Å². The molecule has 20 heavy (non-hydrogen) atoms. The maximum absolute atomic E-state index is 12.8. The molecule has 1 fully saturated rings. The SMILES string of the molecule is O=S(=O)(c1ccc(Br)cc1)N(CCCl)C1CCCCC1. The quantitative estimate of drug-likeness (QED) is 0.724. The first kappa shape index (κ1) is 16.3. The molecule has 0 saturated heterocycles. The zero-order chi connectivity index (χ0) is 14.6. The molecule has 0 aromatic heterocycles. The lowest BCUT2D eigenvalue weighted by atomic mass is 9.95. The standard InChI is InChI=1S/C14H19BrClNO2S/c15-12-6-8-14(9-7-12)20(18,19)17(11-10-16)13-4-2-1-3-5-13/h6-9,13H,1-5,10-11H2. The van der Waals surface area contributed by atoms with Crippen LogP contribution in [0.25, 0.3) is 0 Å². The molecule has 1 aliphatic carbocycles. The number of rotatable bonds is 5. The summed E-state index contributed by atoms with van der Waals surface area (Å²) < 4.78 is 28.0. The molecule has 1 aromatic rings. The first-order valence-corrected chi connectivity index (χ1v) is 9.66. The zero-order valence-corrected chi connectivity index (χ0v) is 14.4. The Labute approximate surface area is 134 Å². The minimum Gasteiger partial charge on any atom is -0.207 e. The van der Waals surface area contributed by atoms with E-state index in [0.717, 1.165) is 30.2 Å². The van der Waals surface area contributed by atoms with E-state index in [2.05, 4.69) is 15.9 Å². The Morgan fingerprint density at radius 1 is 1.15 bits per heavy atom. The van der Waals surface area contributed by atoms with Gasteiger partial charge in [-0.05, 0) is 37.1 Å². The van der Waals surface area contributed by atoms with Gasteiger partial charge in [0.05, 0.1) is 4.90 Å². The number of halogens is 2. The summed E-state index contributed by atoms with van der Waals surface area (Å²) in [6.45, 7) is 0.380. The molecule has 0 unspecified atom stereocenters. The summed E-state index contributed by atoms with van der Waals surface area (Å²) >= 11 is 9.15. The van der Waals surface area contributed by atoms with Crippen LogP contribution in [-0.4, -0.2) is 31.2 Å². The normalized spacial score (nSPS) is 17.6. The van der Waals surface area contributed by atoms with Gasteiger partial charge in [-0.2, -0.15) is 4.31 Å². The van der Waals surface area contributed by atoms with Crippen LogP contribution >= 0.6 is 27.5 Å². The number of hydrogen-bond acceptors (Lipinski definition) is 2. The Morgan fingerprint density at radius 2 is 1.75 bits per heavy atom. The molecular formula is C14H19BrClNO2S. The van der Waals surface area contributed by atoms with Crippen molar-refractivity contribution >= 4 is 37.6 Å². The highest BCUT2D eigenvalue weighted by Gasteiger charge is 2.31. The Kier molecular flexibility index (Phi) is 5.90. The maximum Gasteiger partial charge on any atom is 0.243 e. The lowest BCUT2D eigenvalue weighted by Crippen LogP contribution is -2.42. The van der Waals surface area contributed by atoms with E-state index in [0.29, 0.717) is 17.3 Å². The maximum atomic E-state index is 12.8. The summed E-state index contributed by atoms with van der Waals surface area (Å²) in [7, 11) is -3.45. The van der Waals surface area contributed by atoms with Crippen LogP contribution < -0.4 is 0 Å². The van der Waals surface area contributed by atoms with Gasteiger partial charge in [-0.3, -0.25) is 0 Å². The molecule has 0 N–H and O–H groups in total. The lowest BCUT2D eigenvalue weighted by Gasteiger charge is -2.33. The lowest BCUT2D eigenvalue weighted by molar-refractivity contribution is 0.262. The summed E-state index contributed by atoms with van der Waals surface area (Å²) in [4.78, 5) is 0.344. The van der Waals surface area contributed by atoms with Crippen LogP contribution in [0.2, 0.25) is 0 Å². The zero-order valence-electron chi connectivity index (χ0n) is 11.3. The van der Waals surface area contributed by atoms with Gasteiger partial charge >= 0.3 is 0 Å². The Hall–Kier alpha value is -0.100. The van der Waals surface area contributed by atoms with Crippen molar-refractivity contribution in [3.05, 3.63) is 28.7 Å². The van der Waals surface area contributed by atoms with Crippen molar-refractivity contribution in [2.24, 2.45) is 0 Å². The van der Waals surface area contributed by atoms with Crippen LogP contribution in [0.3, 0.4) is 0 Å². The number of alkyl halides is 1. The van der Waals surface area contributed by atoms with Gasteiger partial charge in [-0.1, -0.05) is 35.2 Å². The van der Waals surface area contributed by atoms with Gasteiger partial charge in [0.25, 0.3) is 0 Å². The predicted molar refractivity (Wildman–Crippen MR) is 85.6 cm³/mol. The Morgan fingerprint density at radius 3 is 2.30 bits per heavy atom. The first-order valence-electron chi connectivity index (χ1n) is 6.89. The van der Waals surface area contributed by atoms with Crippen molar-refractivity contribution in [2.45, 2.75) is 43.0 Å². The minimum atomic E-state index is -3.45. The molecule has 1 aromatic carbocycles. The van der Waals surface area contributed by atoms with E-state index in [1.807, 2.05) is 0 Å². The predicted octanol–water partition coefficient (Wildman–Crippen LogP) is 4.01. The molecule has 2 rings (SSSR count). The topological polar surface area (TPSA) is 37.4 Å². The minimum absolute atomic E-state index is 0.0937. The monoisotopic (exact) mass is 379 g/mol. The second-order valence-electron chi connectivity index (χ2n) is 5.05. The van der Waals surface area contributed by atoms with Crippen molar-refractivity contribution in [1.82, 2.24) is 4.31 Å². The molecule has 1 aliphatic rings. The van der Waals surface area contributed by atoms with E-state index in [4.69, 9.17) is 11.6 Å². The molecule has 0 heterocycles. The highest BCUT2D eigenvalue weighted by molar-refractivity contribution is 9.10. The first-order chi connectivity index (χ1) is 9.55. The largest absolute Gasteiger partial charge is 0.243 e. The van der Waals surface area contributed by atoms with Crippen LogP contribution in [0.1, 0.15) is 32.1 Å². The van der Waals surface area contributed by atoms with E-state index in [-0.39, 0.29) is 6.04 Å². The molecule has 0 spiro atoms. The van der Waals surface area contributed by atoms with Crippen LogP contribution in [0.4, 0.5) is 0 Å². The highest BCUT2D eigenvalue weighted by atomic mass is 79.9. The van der Waals surface area contributed by atoms with Crippen LogP contribution in [0.15, 0.2) is 33.6 Å². The van der Waals surface area contributed by atoms with Gasteiger partial charge < -0.3 is 0 Å². The van der Waals surface area contributed by atoms with Crippen LogP contribution in [0.5, 0.6) is 0 Å². The van der Waals surface area contributed by atoms with Crippen molar-refractivity contribution in [2.75, 3.05) is 12.4 Å². The van der Waals surface area contributed by atoms with Crippen LogP contribution in [-0.2, 0) is 10.0 Å². The molecule has 0 radical (unpaired) electrons. The Bertz CT molecular complexity index is 527. The summed E-state index contributed by atoms with van der Waals surface area (Å²) in [5.41, 5.74) is 0. The molecule has 0 aliphatic heterocycles. The van der Waals surface area contributed by atoms with E-state index in [1.54, 1.807) is 28.6 Å². The fourth-order valence-corrected chi connectivity index (χ4v) is 4.93. The number of nitrogens with zero attached hydrogens (tertiary/aromatic N) is 1. The van der Waals surface area contributed by atoms with Gasteiger partial charge in [0.2, 0.25) is 10.0 Å². The van der Waals surface area contributed by atoms with Gasteiger partial charge in [-0.25, -0.2) is 8.42 Å². The van der Waals surface area contributed by atoms with E-state index in [9.17, 15) is 8.42 Å². The molecule has 0 amide bonds. The fourth-order valence-electron chi connectivity index (χ4n) is 2.69. The summed E-state index contributed by atoms with van der Waals surface area (Å²) in [5, 5.41) is 0. The summed E-state index contributed by atoms with van der Waals surface area (Å²) in [6, 6.07) is 6.89. The summed E-state index contributed by atoms with van der Waals surface area (Å²) in [6.07, 6.45) is 5.27. The smallest absolute Gasteiger partial charge is 0.207 e. The van der Waals surface area contributed by atoms with Crippen LogP contribution in [0, 0.1) is 0 Å². The third-order valence-electron chi connectivity index (χ3n) is 3.71. The fraction of sp³-hybridized carbons (Fsp3) is 0.571. The van der Waals surface area contributed by atoms with Crippen molar-refractivity contribution in [3.63, 3.8) is 0 Å². The highest BCUT2D eigenvalue weighted by Crippen LogP contribution is 2.28. The number of sulfonamides is 1. The number of benzene rings is 1. The van der Waals surface area contributed by atoms with Gasteiger partial charge in [0, 0.05) is 22.9 Å². The van der Waals surface area contributed by atoms with Gasteiger partial charge in [-0.15, -0.1) is 11.6 Å². The third kappa shape index (κ3) is 3.75. The number of hydrogen-bond donors (Lipinski definition) is 0. The second-order valence-corrected chi connectivity index (χ2v) is 8.23. The summed E-state index contributed by atoms with van der Waals surface area (Å²) in [5.74, 6) is 0.326. The third-order valence-corrected chi connectivity index (χ3v) is 6.37.